The van der Waals surface area contributed by atoms with E-state index < -0.39 is 0 Å². The lowest BCUT2D eigenvalue weighted by atomic mass is 9.90. The number of likely N-dealkylation sites (tertiary alicyclic amines) is 1. The number of rotatable bonds is 8. The van der Waals surface area contributed by atoms with Crippen molar-refractivity contribution < 1.29 is 14.3 Å². The number of carbonyl (C=O) groups is 2. The molecule has 9 heteroatoms. The lowest BCUT2D eigenvalue weighted by molar-refractivity contribution is -0.151. The molecule has 0 atom stereocenters. The van der Waals surface area contributed by atoms with Crippen LogP contribution in [0, 0.1) is 17.2 Å². The molecule has 192 valence electrons. The molecule has 2 aliphatic heterocycles. The minimum Gasteiger partial charge on any atom is -0.462 e. The Morgan fingerprint density at radius 1 is 1.00 bits per heavy atom. The Hall–Kier alpha value is -1.99. The summed E-state index contributed by atoms with van der Waals surface area (Å²) < 4.78 is 5.54. The minimum atomic E-state index is -0.0906. The number of anilines is 1. The first-order chi connectivity index (χ1) is 15.4. The molecule has 3 N–H and O–H groups in total. The zero-order valence-corrected chi connectivity index (χ0v) is 22.0. The van der Waals surface area contributed by atoms with Crippen molar-refractivity contribution in [1.82, 2.24) is 4.90 Å². The summed E-state index contributed by atoms with van der Waals surface area (Å²) >= 11 is 0. The van der Waals surface area contributed by atoms with Gasteiger partial charge in [-0.15, -0.1) is 24.8 Å². The van der Waals surface area contributed by atoms with Gasteiger partial charge in [0.05, 0.1) is 0 Å². The predicted octanol–water partition coefficient (Wildman–Crippen LogP) is 4.39. The highest BCUT2D eigenvalue weighted by Crippen LogP contribution is 2.28. The summed E-state index contributed by atoms with van der Waals surface area (Å²) in [6.07, 6.45) is 5.69. The van der Waals surface area contributed by atoms with E-state index in [1.54, 1.807) is 0 Å². The van der Waals surface area contributed by atoms with E-state index in [1.807, 2.05) is 43.0 Å². The molecular weight excluding hydrogens is 475 g/mol. The smallest absolute Gasteiger partial charge is 0.306 e. The molecule has 1 aromatic carbocycles. The highest BCUT2D eigenvalue weighted by Gasteiger charge is 2.31. The van der Waals surface area contributed by atoms with Gasteiger partial charge >= 0.3 is 5.97 Å². The number of halogens is 2. The molecule has 34 heavy (non-hydrogen) atoms. The molecule has 0 saturated carbocycles. The van der Waals surface area contributed by atoms with Crippen molar-refractivity contribution in [2.75, 3.05) is 31.1 Å². The van der Waals surface area contributed by atoms with Crippen LogP contribution in [0.25, 0.3) is 0 Å². The first-order valence-electron chi connectivity index (χ1n) is 12.1. The first-order valence-corrected chi connectivity index (χ1v) is 12.1. The fraction of sp³-hybridized carbons (Fsp3) is 0.640. The Labute approximate surface area is 216 Å². The molecular formula is C25H40Cl2N4O3. The number of nitrogens with one attached hydrogen (secondary N) is 1. The van der Waals surface area contributed by atoms with Crippen molar-refractivity contribution >= 4 is 48.2 Å². The molecule has 2 heterocycles. The Morgan fingerprint density at radius 2 is 1.56 bits per heavy atom. The maximum Gasteiger partial charge on any atom is 0.306 e. The number of nitrogens with zero attached hydrogens (tertiary/aromatic N) is 2. The van der Waals surface area contributed by atoms with Crippen molar-refractivity contribution in [3.63, 3.8) is 0 Å². The fourth-order valence-corrected chi connectivity index (χ4v) is 4.78. The van der Waals surface area contributed by atoms with Crippen molar-refractivity contribution in [3.05, 3.63) is 29.8 Å². The van der Waals surface area contributed by atoms with E-state index in [2.05, 4.69) is 4.90 Å². The Balaban J connectivity index is 0.00000289. The number of nitrogen functional groups attached to an aromatic ring is 1. The topological polar surface area (TPSA) is 99.7 Å². The summed E-state index contributed by atoms with van der Waals surface area (Å²) in [6.45, 7) is 7.28. The maximum atomic E-state index is 13.0. The molecule has 0 aliphatic carbocycles. The van der Waals surface area contributed by atoms with Gasteiger partial charge in [0.2, 0.25) is 5.91 Å². The lowest BCUT2D eigenvalue weighted by Gasteiger charge is -2.38. The summed E-state index contributed by atoms with van der Waals surface area (Å²) in [4.78, 5) is 29.5. The number of amidine groups is 1. The number of ether oxygens (including phenoxy) is 1. The second-order valence-electron chi connectivity index (χ2n) is 9.12. The third kappa shape index (κ3) is 8.05. The van der Waals surface area contributed by atoms with Gasteiger partial charge in [-0.05, 0) is 68.7 Å². The monoisotopic (exact) mass is 514 g/mol. The van der Waals surface area contributed by atoms with Crippen LogP contribution in [-0.2, 0) is 14.3 Å². The molecule has 0 radical (unpaired) electrons. The second-order valence-corrected chi connectivity index (χ2v) is 9.12. The van der Waals surface area contributed by atoms with Crippen LogP contribution in [0.2, 0.25) is 0 Å². The number of carbonyl (C=O) groups excluding carboxylic acids is 2. The highest BCUT2D eigenvalue weighted by atomic mass is 35.5. The Bertz CT molecular complexity index is 786. The number of amides is 1. The van der Waals surface area contributed by atoms with Crippen LogP contribution in [-0.4, -0.2) is 54.9 Å². The molecule has 0 bridgehead atoms. The standard InChI is InChI=1S/C25H38N4O3.2ClH/c1-3-22(4-2)32-23(30)17-18-9-13-29(14-10-18)25(31)20-11-15-28(16-12-20)21-7-5-19(6-8-21)24(26)27;;/h5-8,18,20,22H,3-4,9-17H2,1-2H3,(H3,26,27);2*1H. The average Bonchev–Trinajstić information content (AvgIpc) is 2.82. The number of piperidine rings is 2. The van der Waals surface area contributed by atoms with E-state index in [4.69, 9.17) is 15.9 Å². The molecule has 1 amide bonds. The maximum absolute atomic E-state index is 13.0. The molecule has 0 spiro atoms. The van der Waals surface area contributed by atoms with Crippen LogP contribution in [0.1, 0.15) is 64.4 Å². The summed E-state index contributed by atoms with van der Waals surface area (Å²) in [5.41, 5.74) is 7.37. The summed E-state index contributed by atoms with van der Waals surface area (Å²) in [6, 6.07) is 7.74. The van der Waals surface area contributed by atoms with Gasteiger partial charge in [0.25, 0.3) is 0 Å². The number of hydrogen-bond donors (Lipinski definition) is 2. The van der Waals surface area contributed by atoms with Gasteiger partial charge in [-0.3, -0.25) is 15.0 Å². The molecule has 0 aromatic heterocycles. The van der Waals surface area contributed by atoms with Crippen molar-refractivity contribution in [2.24, 2.45) is 17.6 Å². The Kier molecular flexibility index (Phi) is 12.7. The molecule has 2 fully saturated rings. The highest BCUT2D eigenvalue weighted by molar-refractivity contribution is 5.95. The van der Waals surface area contributed by atoms with Gasteiger partial charge in [-0.25, -0.2) is 0 Å². The van der Waals surface area contributed by atoms with Crippen LogP contribution in [0.15, 0.2) is 24.3 Å². The molecule has 3 rings (SSSR count). The molecule has 1 aromatic rings. The SMILES string of the molecule is CCC(CC)OC(=O)CC1CCN(C(=O)C2CCN(c3ccc(C(=N)N)cc3)CC2)CC1.Cl.Cl. The summed E-state index contributed by atoms with van der Waals surface area (Å²) in [7, 11) is 0. The van der Waals surface area contributed by atoms with Gasteiger partial charge in [-0.1, -0.05) is 13.8 Å². The first kappa shape index (κ1) is 30.0. The number of esters is 1. The van der Waals surface area contributed by atoms with Gasteiger partial charge in [-0.2, -0.15) is 0 Å². The van der Waals surface area contributed by atoms with Gasteiger partial charge in [0.1, 0.15) is 11.9 Å². The zero-order chi connectivity index (χ0) is 23.1. The average molecular weight is 516 g/mol. The van der Waals surface area contributed by atoms with Gasteiger partial charge < -0.3 is 20.3 Å². The number of hydrogen-bond acceptors (Lipinski definition) is 5. The fourth-order valence-electron chi connectivity index (χ4n) is 4.78. The quantitative estimate of drug-likeness (QED) is 0.304. The minimum absolute atomic E-state index is 0. The van der Waals surface area contributed by atoms with Crippen LogP contribution >= 0.6 is 24.8 Å². The summed E-state index contributed by atoms with van der Waals surface area (Å²) in [5, 5.41) is 7.51. The van der Waals surface area contributed by atoms with Crippen LogP contribution < -0.4 is 10.6 Å². The van der Waals surface area contributed by atoms with Crippen molar-refractivity contribution in [1.29, 1.82) is 5.41 Å². The normalized spacial score (nSPS) is 17.0. The zero-order valence-electron chi connectivity index (χ0n) is 20.3. The molecule has 2 saturated heterocycles. The van der Waals surface area contributed by atoms with E-state index in [9.17, 15) is 9.59 Å². The number of benzene rings is 1. The largest absolute Gasteiger partial charge is 0.462 e. The van der Waals surface area contributed by atoms with Crippen molar-refractivity contribution in [2.45, 2.75) is 64.9 Å². The molecule has 0 unspecified atom stereocenters. The number of nitrogens with two attached hydrogens (primary N) is 1. The summed E-state index contributed by atoms with van der Waals surface area (Å²) in [5.74, 6) is 0.661. The van der Waals surface area contributed by atoms with Crippen molar-refractivity contribution in [3.8, 4) is 0 Å². The van der Waals surface area contributed by atoms with E-state index in [1.165, 1.54) is 0 Å². The molecule has 7 nitrogen and oxygen atoms in total. The van der Waals surface area contributed by atoms with Gasteiger partial charge in [0.15, 0.2) is 0 Å². The molecule has 2 aliphatic rings. The third-order valence-corrected chi connectivity index (χ3v) is 6.98. The van der Waals surface area contributed by atoms with E-state index >= 15 is 0 Å². The second kappa shape index (κ2) is 14.4. The van der Waals surface area contributed by atoms with E-state index in [-0.39, 0.29) is 54.5 Å². The lowest BCUT2D eigenvalue weighted by Crippen LogP contribution is -2.45. The van der Waals surface area contributed by atoms with Crippen LogP contribution in [0.3, 0.4) is 0 Å². The van der Waals surface area contributed by atoms with E-state index in [0.717, 1.165) is 76.0 Å². The van der Waals surface area contributed by atoms with E-state index in [0.29, 0.717) is 12.3 Å². The van der Waals surface area contributed by atoms with Crippen LogP contribution in [0.4, 0.5) is 5.69 Å². The van der Waals surface area contributed by atoms with Gasteiger partial charge in [0, 0.05) is 49.8 Å². The van der Waals surface area contributed by atoms with Crippen LogP contribution in [0.5, 0.6) is 0 Å². The third-order valence-electron chi connectivity index (χ3n) is 6.98. The Morgan fingerprint density at radius 3 is 2.06 bits per heavy atom. The predicted molar refractivity (Wildman–Crippen MR) is 141 cm³/mol.